The largest absolute Gasteiger partial charge is 0.465 e. The maximum Gasteiger partial charge on any atom is 0.326 e. The Bertz CT molecular complexity index is 296. The first-order chi connectivity index (χ1) is 9.54. The fourth-order valence-corrected chi connectivity index (χ4v) is 2.52. The Kier molecular flexibility index (Phi) is 7.48. The molecule has 0 saturated heterocycles. The number of carbonyl (C=O) groups is 1. The monoisotopic (exact) mass is 287 g/mol. The van der Waals surface area contributed by atoms with Gasteiger partial charge in [-0.05, 0) is 32.7 Å². The number of nitrogens with one attached hydrogen (secondary N) is 1. The molecule has 0 aliphatic heterocycles. The van der Waals surface area contributed by atoms with E-state index in [1.807, 2.05) is 14.0 Å². The van der Waals surface area contributed by atoms with Crippen LogP contribution >= 0.6 is 0 Å². The smallest absolute Gasteiger partial charge is 0.326 e. The number of ether oxygens (including phenoxy) is 3. The van der Waals surface area contributed by atoms with Crippen LogP contribution < -0.4 is 5.32 Å². The number of rotatable bonds is 9. The van der Waals surface area contributed by atoms with Gasteiger partial charge in [-0.2, -0.15) is 0 Å². The van der Waals surface area contributed by atoms with E-state index in [2.05, 4.69) is 19.2 Å². The molecule has 5 nitrogen and oxygen atoms in total. The van der Waals surface area contributed by atoms with Crippen LogP contribution in [0, 0.1) is 5.92 Å². The zero-order valence-electron chi connectivity index (χ0n) is 13.2. The molecular weight excluding hydrogens is 258 g/mol. The first kappa shape index (κ1) is 17.4. The van der Waals surface area contributed by atoms with Gasteiger partial charge in [-0.15, -0.1) is 0 Å². The standard InChI is InChI=1S/C15H29NO4/c1-5-19-14(17)15(16-4)7-6-13(10-15)20-9-8-18-11-12(2)3/h12-13,16H,5-11H2,1-4H3. The highest BCUT2D eigenvalue weighted by Gasteiger charge is 2.45. The molecule has 0 amide bonds. The summed E-state index contributed by atoms with van der Waals surface area (Å²) in [5.74, 6) is 0.381. The van der Waals surface area contributed by atoms with Gasteiger partial charge in [0.1, 0.15) is 5.54 Å². The summed E-state index contributed by atoms with van der Waals surface area (Å²) in [5, 5.41) is 3.12. The summed E-state index contributed by atoms with van der Waals surface area (Å²) < 4.78 is 16.4. The molecule has 0 bridgehead atoms. The Morgan fingerprint density at radius 1 is 1.40 bits per heavy atom. The summed E-state index contributed by atoms with van der Waals surface area (Å²) in [5.41, 5.74) is -0.570. The summed E-state index contributed by atoms with van der Waals surface area (Å²) in [4.78, 5) is 12.0. The van der Waals surface area contributed by atoms with Crippen molar-refractivity contribution in [1.82, 2.24) is 5.32 Å². The lowest BCUT2D eigenvalue weighted by molar-refractivity contribution is -0.151. The lowest BCUT2D eigenvalue weighted by Gasteiger charge is -2.26. The molecule has 0 spiro atoms. The lowest BCUT2D eigenvalue weighted by Crippen LogP contribution is -2.49. The number of hydrogen-bond acceptors (Lipinski definition) is 5. The van der Waals surface area contributed by atoms with E-state index in [1.54, 1.807) is 0 Å². The second-order valence-corrected chi connectivity index (χ2v) is 5.76. The molecule has 1 N–H and O–H groups in total. The molecular formula is C15H29NO4. The third-order valence-corrected chi connectivity index (χ3v) is 3.65. The Morgan fingerprint density at radius 2 is 2.15 bits per heavy atom. The predicted octanol–water partition coefficient (Wildman–Crippen LogP) is 1.75. The number of esters is 1. The molecule has 0 aromatic carbocycles. The first-order valence-corrected chi connectivity index (χ1v) is 7.59. The Balaban J connectivity index is 2.29. The van der Waals surface area contributed by atoms with E-state index < -0.39 is 5.54 Å². The highest BCUT2D eigenvalue weighted by molar-refractivity contribution is 5.81. The van der Waals surface area contributed by atoms with E-state index in [9.17, 15) is 4.79 Å². The zero-order chi connectivity index (χ0) is 15.0. The number of hydrogen-bond donors (Lipinski definition) is 1. The van der Waals surface area contributed by atoms with Gasteiger partial charge in [0.25, 0.3) is 0 Å². The van der Waals surface area contributed by atoms with Crippen molar-refractivity contribution < 1.29 is 19.0 Å². The van der Waals surface area contributed by atoms with Crippen molar-refractivity contribution in [2.45, 2.75) is 51.7 Å². The zero-order valence-corrected chi connectivity index (χ0v) is 13.2. The highest BCUT2D eigenvalue weighted by Crippen LogP contribution is 2.32. The van der Waals surface area contributed by atoms with E-state index in [0.29, 0.717) is 32.2 Å². The van der Waals surface area contributed by atoms with Gasteiger partial charge in [-0.3, -0.25) is 4.79 Å². The molecule has 20 heavy (non-hydrogen) atoms. The second-order valence-electron chi connectivity index (χ2n) is 5.76. The van der Waals surface area contributed by atoms with Crippen LogP contribution in [0.15, 0.2) is 0 Å². The van der Waals surface area contributed by atoms with E-state index in [1.165, 1.54) is 0 Å². The quantitative estimate of drug-likeness (QED) is 0.517. The Hall–Kier alpha value is -0.650. The van der Waals surface area contributed by atoms with Crippen LogP contribution in [0.1, 0.15) is 40.0 Å². The van der Waals surface area contributed by atoms with Crippen LogP contribution in [0.3, 0.4) is 0 Å². The molecule has 1 saturated carbocycles. The average molecular weight is 287 g/mol. The van der Waals surface area contributed by atoms with Crippen molar-refractivity contribution in [3.05, 3.63) is 0 Å². The first-order valence-electron chi connectivity index (χ1n) is 7.59. The fraction of sp³-hybridized carbons (Fsp3) is 0.933. The van der Waals surface area contributed by atoms with Crippen molar-refractivity contribution >= 4 is 5.97 Å². The van der Waals surface area contributed by atoms with Gasteiger partial charge < -0.3 is 19.5 Å². The molecule has 2 atom stereocenters. The van der Waals surface area contributed by atoms with E-state index in [-0.39, 0.29) is 12.1 Å². The van der Waals surface area contributed by atoms with Crippen molar-refractivity contribution in [1.29, 1.82) is 0 Å². The minimum Gasteiger partial charge on any atom is -0.465 e. The van der Waals surface area contributed by atoms with Crippen LogP contribution in [-0.4, -0.2) is 51.1 Å². The molecule has 1 rings (SSSR count). The van der Waals surface area contributed by atoms with Crippen LogP contribution in [0.5, 0.6) is 0 Å². The summed E-state index contributed by atoms with van der Waals surface area (Å²) in [7, 11) is 1.81. The van der Waals surface area contributed by atoms with Gasteiger partial charge in [-0.1, -0.05) is 13.8 Å². The molecule has 2 unspecified atom stereocenters. The molecule has 1 aliphatic rings. The van der Waals surface area contributed by atoms with Crippen molar-refractivity contribution in [2.75, 3.05) is 33.5 Å². The third kappa shape index (κ3) is 5.04. The summed E-state index contributed by atoms with van der Waals surface area (Å²) in [6.07, 6.45) is 2.42. The second kappa shape index (κ2) is 8.60. The van der Waals surface area contributed by atoms with Gasteiger partial charge in [0, 0.05) is 13.0 Å². The van der Waals surface area contributed by atoms with E-state index in [4.69, 9.17) is 14.2 Å². The fourth-order valence-electron chi connectivity index (χ4n) is 2.52. The molecule has 1 fully saturated rings. The number of carbonyl (C=O) groups excluding carboxylic acids is 1. The lowest BCUT2D eigenvalue weighted by atomic mass is 9.98. The van der Waals surface area contributed by atoms with Crippen molar-refractivity contribution in [3.8, 4) is 0 Å². The molecule has 0 radical (unpaired) electrons. The van der Waals surface area contributed by atoms with Gasteiger partial charge >= 0.3 is 5.97 Å². The van der Waals surface area contributed by atoms with E-state index in [0.717, 1.165) is 19.4 Å². The van der Waals surface area contributed by atoms with Crippen molar-refractivity contribution in [3.63, 3.8) is 0 Å². The third-order valence-electron chi connectivity index (χ3n) is 3.65. The Morgan fingerprint density at radius 3 is 2.75 bits per heavy atom. The maximum atomic E-state index is 12.0. The van der Waals surface area contributed by atoms with Crippen LogP contribution in [0.2, 0.25) is 0 Å². The SMILES string of the molecule is CCOC(=O)C1(NC)CCC(OCCOCC(C)C)C1. The Labute approximate surface area is 122 Å². The minimum atomic E-state index is -0.570. The average Bonchev–Trinajstić information content (AvgIpc) is 2.83. The minimum absolute atomic E-state index is 0.106. The molecule has 5 heteroatoms. The van der Waals surface area contributed by atoms with E-state index >= 15 is 0 Å². The van der Waals surface area contributed by atoms with Gasteiger partial charge in [-0.25, -0.2) is 0 Å². The van der Waals surface area contributed by atoms with Crippen LogP contribution in [0.4, 0.5) is 0 Å². The summed E-state index contributed by atoms with van der Waals surface area (Å²) in [6, 6.07) is 0. The van der Waals surface area contributed by atoms with Gasteiger partial charge in [0.05, 0.1) is 25.9 Å². The molecule has 0 heterocycles. The van der Waals surface area contributed by atoms with Crippen LogP contribution in [-0.2, 0) is 19.0 Å². The molecule has 118 valence electrons. The predicted molar refractivity (Wildman–Crippen MR) is 77.7 cm³/mol. The normalized spacial score (nSPS) is 26.1. The molecule has 0 aromatic heterocycles. The molecule has 0 aromatic rings. The maximum absolute atomic E-state index is 12.0. The molecule has 1 aliphatic carbocycles. The van der Waals surface area contributed by atoms with Gasteiger partial charge in [0.2, 0.25) is 0 Å². The highest BCUT2D eigenvalue weighted by atomic mass is 16.5. The summed E-state index contributed by atoms with van der Waals surface area (Å²) in [6.45, 7) is 8.45. The van der Waals surface area contributed by atoms with Crippen LogP contribution in [0.25, 0.3) is 0 Å². The van der Waals surface area contributed by atoms with Crippen molar-refractivity contribution in [2.24, 2.45) is 5.92 Å². The topological polar surface area (TPSA) is 56.8 Å². The number of likely N-dealkylation sites (N-methyl/N-ethyl adjacent to an activating group) is 1. The summed E-state index contributed by atoms with van der Waals surface area (Å²) >= 11 is 0. The van der Waals surface area contributed by atoms with Gasteiger partial charge in [0.15, 0.2) is 0 Å².